The Morgan fingerprint density at radius 2 is 1.79 bits per heavy atom. The van der Waals surface area contributed by atoms with E-state index in [0.29, 0.717) is 27.8 Å². The number of hydrogen-bond donors (Lipinski definition) is 2. The van der Waals surface area contributed by atoms with Crippen molar-refractivity contribution in [2.45, 2.75) is 6.42 Å². The summed E-state index contributed by atoms with van der Waals surface area (Å²) in [4.78, 5) is 23.3. The van der Waals surface area contributed by atoms with Gasteiger partial charge in [0.15, 0.2) is 0 Å². The van der Waals surface area contributed by atoms with Gasteiger partial charge < -0.3 is 15.4 Å². The summed E-state index contributed by atoms with van der Waals surface area (Å²) in [5, 5.41) is 6.52. The minimum Gasteiger partial charge on any atom is -0.465 e. The molecule has 0 aliphatic rings. The number of amides is 1. The van der Waals surface area contributed by atoms with E-state index in [1.807, 2.05) is 0 Å². The number of esters is 1. The first-order valence-electron chi connectivity index (χ1n) is 7.17. The van der Waals surface area contributed by atoms with Crippen LogP contribution in [-0.4, -0.2) is 25.5 Å². The van der Waals surface area contributed by atoms with Crippen LogP contribution >= 0.6 is 23.2 Å². The Morgan fingerprint density at radius 1 is 1.08 bits per heavy atom. The van der Waals surface area contributed by atoms with Gasteiger partial charge in [0.1, 0.15) is 0 Å². The van der Waals surface area contributed by atoms with Crippen molar-refractivity contribution in [1.29, 1.82) is 0 Å². The normalized spacial score (nSPS) is 10.1. The summed E-state index contributed by atoms with van der Waals surface area (Å²) in [7, 11) is 1.33. The number of ether oxygens (including phenoxy) is 1. The highest BCUT2D eigenvalue weighted by molar-refractivity contribution is 6.43. The van der Waals surface area contributed by atoms with Crippen LogP contribution in [0.4, 0.5) is 11.4 Å². The van der Waals surface area contributed by atoms with Crippen LogP contribution in [0.2, 0.25) is 10.0 Å². The standard InChI is InChI=1S/C17H16Cl2N2O3/c1-24-17(23)11-5-7-12(8-6-11)20-10-9-15(22)21-14-4-2-3-13(18)16(14)19/h2-8,20H,9-10H2,1H3,(H,21,22). The topological polar surface area (TPSA) is 67.4 Å². The molecule has 2 aromatic carbocycles. The number of anilines is 2. The maximum Gasteiger partial charge on any atom is 0.337 e. The van der Waals surface area contributed by atoms with Crippen LogP contribution < -0.4 is 10.6 Å². The van der Waals surface area contributed by atoms with Gasteiger partial charge in [0.25, 0.3) is 0 Å². The third-order valence-electron chi connectivity index (χ3n) is 3.21. The lowest BCUT2D eigenvalue weighted by Gasteiger charge is -2.09. The van der Waals surface area contributed by atoms with Crippen molar-refractivity contribution >= 4 is 46.5 Å². The molecule has 126 valence electrons. The van der Waals surface area contributed by atoms with Crippen LogP contribution in [0.15, 0.2) is 42.5 Å². The summed E-state index contributed by atoms with van der Waals surface area (Å²) in [5.74, 6) is -0.572. The Morgan fingerprint density at radius 3 is 2.46 bits per heavy atom. The lowest BCUT2D eigenvalue weighted by atomic mass is 10.2. The predicted octanol–water partition coefficient (Wildman–Crippen LogP) is 4.22. The van der Waals surface area contributed by atoms with E-state index in [9.17, 15) is 9.59 Å². The van der Waals surface area contributed by atoms with E-state index in [1.54, 1.807) is 42.5 Å². The molecule has 0 unspecified atom stereocenters. The lowest BCUT2D eigenvalue weighted by Crippen LogP contribution is -2.16. The first-order chi connectivity index (χ1) is 11.5. The minimum atomic E-state index is -0.390. The third-order valence-corrected chi connectivity index (χ3v) is 4.03. The van der Waals surface area contributed by atoms with Crippen LogP contribution in [0.1, 0.15) is 16.8 Å². The zero-order valence-electron chi connectivity index (χ0n) is 12.9. The lowest BCUT2D eigenvalue weighted by molar-refractivity contribution is -0.115. The molecule has 1 amide bonds. The molecule has 0 heterocycles. The first-order valence-corrected chi connectivity index (χ1v) is 7.93. The van der Waals surface area contributed by atoms with Crippen molar-refractivity contribution in [2.75, 3.05) is 24.3 Å². The fourth-order valence-corrected chi connectivity index (χ4v) is 2.32. The van der Waals surface area contributed by atoms with Gasteiger partial charge in [-0.3, -0.25) is 4.79 Å². The van der Waals surface area contributed by atoms with Gasteiger partial charge >= 0.3 is 5.97 Å². The third kappa shape index (κ3) is 4.88. The summed E-state index contributed by atoms with van der Waals surface area (Å²) in [5.41, 5.74) is 1.75. The molecule has 0 aliphatic heterocycles. The van der Waals surface area contributed by atoms with Crippen molar-refractivity contribution < 1.29 is 14.3 Å². The monoisotopic (exact) mass is 366 g/mol. The summed E-state index contributed by atoms with van der Waals surface area (Å²) in [6.07, 6.45) is 0.252. The van der Waals surface area contributed by atoms with Gasteiger partial charge in [-0.25, -0.2) is 4.79 Å². The molecule has 2 N–H and O–H groups in total. The fraction of sp³-hybridized carbons (Fsp3) is 0.176. The molecule has 0 aromatic heterocycles. The Balaban J connectivity index is 1.82. The Bertz CT molecular complexity index is 733. The smallest absolute Gasteiger partial charge is 0.337 e. The average molecular weight is 367 g/mol. The molecule has 0 fully saturated rings. The van der Waals surface area contributed by atoms with Gasteiger partial charge in [0.2, 0.25) is 5.91 Å². The van der Waals surface area contributed by atoms with Gasteiger partial charge in [0.05, 0.1) is 28.4 Å². The van der Waals surface area contributed by atoms with E-state index in [4.69, 9.17) is 23.2 Å². The van der Waals surface area contributed by atoms with Gasteiger partial charge in [-0.15, -0.1) is 0 Å². The number of methoxy groups -OCH3 is 1. The van der Waals surface area contributed by atoms with E-state index < -0.39 is 0 Å². The van der Waals surface area contributed by atoms with Gasteiger partial charge in [0, 0.05) is 18.7 Å². The molecule has 2 aromatic rings. The van der Waals surface area contributed by atoms with E-state index >= 15 is 0 Å². The number of carbonyl (C=O) groups is 2. The zero-order chi connectivity index (χ0) is 17.5. The molecule has 0 saturated carbocycles. The van der Waals surface area contributed by atoms with Crippen molar-refractivity contribution in [3.8, 4) is 0 Å². The maximum absolute atomic E-state index is 11.9. The van der Waals surface area contributed by atoms with E-state index in [-0.39, 0.29) is 18.3 Å². The first kappa shape index (κ1) is 18.1. The van der Waals surface area contributed by atoms with Crippen LogP contribution in [-0.2, 0) is 9.53 Å². The number of halogens is 2. The summed E-state index contributed by atoms with van der Waals surface area (Å²) in [6, 6.07) is 11.9. The Hall–Kier alpha value is -2.24. The number of hydrogen-bond acceptors (Lipinski definition) is 4. The predicted molar refractivity (Wildman–Crippen MR) is 96.0 cm³/mol. The van der Waals surface area contributed by atoms with Gasteiger partial charge in [-0.2, -0.15) is 0 Å². The highest BCUT2D eigenvalue weighted by Gasteiger charge is 2.08. The van der Waals surface area contributed by atoms with Gasteiger partial charge in [-0.1, -0.05) is 29.3 Å². The number of benzene rings is 2. The Labute approximate surface area is 149 Å². The second-order valence-corrected chi connectivity index (χ2v) is 5.68. The van der Waals surface area contributed by atoms with E-state index in [0.717, 1.165) is 5.69 Å². The van der Waals surface area contributed by atoms with Crippen molar-refractivity contribution in [2.24, 2.45) is 0 Å². The average Bonchev–Trinajstić information content (AvgIpc) is 2.59. The highest BCUT2D eigenvalue weighted by Crippen LogP contribution is 2.29. The summed E-state index contributed by atoms with van der Waals surface area (Å²) >= 11 is 11.9. The number of nitrogens with one attached hydrogen (secondary N) is 2. The SMILES string of the molecule is COC(=O)c1ccc(NCCC(=O)Nc2cccc(Cl)c2Cl)cc1. The van der Waals surface area contributed by atoms with Crippen molar-refractivity contribution in [3.63, 3.8) is 0 Å². The maximum atomic E-state index is 11.9. The second-order valence-electron chi connectivity index (χ2n) is 4.90. The summed E-state index contributed by atoms with van der Waals surface area (Å²) < 4.78 is 4.63. The van der Waals surface area contributed by atoms with Crippen LogP contribution in [0, 0.1) is 0 Å². The molecule has 2 rings (SSSR count). The van der Waals surface area contributed by atoms with Crippen molar-refractivity contribution in [3.05, 3.63) is 58.1 Å². The molecule has 0 aliphatic carbocycles. The molecule has 0 saturated heterocycles. The van der Waals surface area contributed by atoms with Gasteiger partial charge in [-0.05, 0) is 36.4 Å². The molecule has 0 atom stereocenters. The van der Waals surface area contributed by atoms with E-state index in [1.165, 1.54) is 7.11 Å². The molecular weight excluding hydrogens is 351 g/mol. The minimum absolute atomic E-state index is 0.183. The second kappa shape index (κ2) is 8.57. The highest BCUT2D eigenvalue weighted by atomic mass is 35.5. The molecular formula is C17H16Cl2N2O3. The Kier molecular flexibility index (Phi) is 6.46. The molecule has 0 bridgehead atoms. The largest absolute Gasteiger partial charge is 0.465 e. The number of rotatable bonds is 6. The molecule has 0 spiro atoms. The van der Waals surface area contributed by atoms with E-state index in [2.05, 4.69) is 15.4 Å². The fourth-order valence-electron chi connectivity index (χ4n) is 1.98. The summed E-state index contributed by atoms with van der Waals surface area (Å²) in [6.45, 7) is 0.432. The van der Waals surface area contributed by atoms with Crippen LogP contribution in [0.5, 0.6) is 0 Å². The molecule has 0 radical (unpaired) electrons. The molecule has 24 heavy (non-hydrogen) atoms. The zero-order valence-corrected chi connectivity index (χ0v) is 14.4. The quantitative estimate of drug-likeness (QED) is 0.751. The molecule has 5 nitrogen and oxygen atoms in total. The van der Waals surface area contributed by atoms with Crippen LogP contribution in [0.25, 0.3) is 0 Å². The molecule has 7 heteroatoms. The van der Waals surface area contributed by atoms with Crippen LogP contribution in [0.3, 0.4) is 0 Å². The number of carbonyl (C=O) groups excluding carboxylic acids is 2. The van der Waals surface area contributed by atoms with Crippen molar-refractivity contribution in [1.82, 2.24) is 0 Å².